The van der Waals surface area contributed by atoms with Gasteiger partial charge in [0.15, 0.2) is 0 Å². The second-order valence-corrected chi connectivity index (χ2v) is 5.84. The highest BCUT2D eigenvalue weighted by atomic mass is 35.5. The summed E-state index contributed by atoms with van der Waals surface area (Å²) in [4.78, 5) is 2.55. The molecule has 3 rings (SSSR count). The van der Waals surface area contributed by atoms with Crippen LogP contribution >= 0.6 is 12.4 Å². The number of ether oxygens (including phenoxy) is 1. The van der Waals surface area contributed by atoms with E-state index in [4.69, 9.17) is 4.74 Å². The van der Waals surface area contributed by atoms with Gasteiger partial charge in [-0.15, -0.1) is 12.4 Å². The van der Waals surface area contributed by atoms with Crippen LogP contribution in [0, 0.1) is 6.92 Å². The number of aromatic nitrogens is 1. The van der Waals surface area contributed by atoms with Gasteiger partial charge in [0.05, 0.1) is 6.61 Å². The summed E-state index contributed by atoms with van der Waals surface area (Å²) in [5.41, 5.74) is 5.81. The molecular formula is C18H25ClN2O. The minimum Gasteiger partial charge on any atom is -0.383 e. The monoisotopic (exact) mass is 320 g/mol. The molecule has 0 bridgehead atoms. The van der Waals surface area contributed by atoms with Gasteiger partial charge in [0, 0.05) is 45.2 Å². The molecule has 0 spiro atoms. The summed E-state index contributed by atoms with van der Waals surface area (Å²) in [6, 6.07) is 11.1. The summed E-state index contributed by atoms with van der Waals surface area (Å²) >= 11 is 0. The van der Waals surface area contributed by atoms with E-state index in [9.17, 15) is 0 Å². The Morgan fingerprint density at radius 3 is 2.68 bits per heavy atom. The average molecular weight is 321 g/mol. The first-order valence-corrected chi connectivity index (χ1v) is 7.70. The second kappa shape index (κ2) is 7.82. The van der Waals surface area contributed by atoms with Crippen LogP contribution < -0.4 is 0 Å². The lowest BCUT2D eigenvalue weighted by molar-refractivity contribution is 0.186. The van der Waals surface area contributed by atoms with Crippen LogP contribution in [0.25, 0.3) is 0 Å². The number of hydrogen-bond acceptors (Lipinski definition) is 2. The Labute approximate surface area is 139 Å². The molecule has 0 atom stereocenters. The highest BCUT2D eigenvalue weighted by Crippen LogP contribution is 2.21. The van der Waals surface area contributed by atoms with E-state index >= 15 is 0 Å². The summed E-state index contributed by atoms with van der Waals surface area (Å²) < 4.78 is 7.46. The van der Waals surface area contributed by atoms with Crippen molar-refractivity contribution < 1.29 is 4.74 Å². The first kappa shape index (κ1) is 17.1. The molecule has 0 amide bonds. The molecule has 0 fully saturated rings. The molecule has 1 aromatic heterocycles. The van der Waals surface area contributed by atoms with E-state index in [1.54, 1.807) is 7.11 Å². The summed E-state index contributed by atoms with van der Waals surface area (Å²) in [5.74, 6) is 0. The summed E-state index contributed by atoms with van der Waals surface area (Å²) in [5, 5.41) is 0. The van der Waals surface area contributed by atoms with E-state index in [0.29, 0.717) is 0 Å². The predicted octanol–water partition coefficient (Wildman–Crippen LogP) is 3.42. The van der Waals surface area contributed by atoms with Gasteiger partial charge < -0.3 is 9.30 Å². The van der Waals surface area contributed by atoms with Crippen LogP contribution in [0.3, 0.4) is 0 Å². The lowest BCUT2D eigenvalue weighted by atomic mass is 9.99. The summed E-state index contributed by atoms with van der Waals surface area (Å²) in [7, 11) is 1.75. The largest absolute Gasteiger partial charge is 0.383 e. The Hall–Kier alpha value is -1.29. The van der Waals surface area contributed by atoms with Crippen molar-refractivity contribution in [1.82, 2.24) is 9.47 Å². The highest BCUT2D eigenvalue weighted by molar-refractivity contribution is 5.85. The van der Waals surface area contributed by atoms with Crippen molar-refractivity contribution in [2.24, 2.45) is 0 Å². The summed E-state index contributed by atoms with van der Waals surface area (Å²) in [6.45, 7) is 7.18. The van der Waals surface area contributed by atoms with Crippen LogP contribution in [0.5, 0.6) is 0 Å². The number of nitrogens with zero attached hydrogens (tertiary/aromatic N) is 2. The van der Waals surface area contributed by atoms with Gasteiger partial charge in [0.1, 0.15) is 0 Å². The fourth-order valence-electron chi connectivity index (χ4n) is 3.13. The molecule has 0 aliphatic carbocycles. The Kier molecular flexibility index (Phi) is 6.07. The quantitative estimate of drug-likeness (QED) is 0.840. The Bertz CT molecular complexity index is 609. The van der Waals surface area contributed by atoms with Gasteiger partial charge in [-0.2, -0.15) is 0 Å². The number of fused-ring (bicyclic) bond motifs is 1. The van der Waals surface area contributed by atoms with Crippen molar-refractivity contribution in [2.75, 3.05) is 20.3 Å². The molecule has 3 nitrogen and oxygen atoms in total. The topological polar surface area (TPSA) is 17.4 Å². The molecule has 1 aliphatic rings. The SMILES string of the molecule is COCCn1ccc(CN2CCc3ccccc3C2)c1C.Cl. The third kappa shape index (κ3) is 3.72. The Morgan fingerprint density at radius 2 is 1.91 bits per heavy atom. The first-order valence-electron chi connectivity index (χ1n) is 7.70. The average Bonchev–Trinajstić information content (AvgIpc) is 2.86. The molecule has 1 aliphatic heterocycles. The van der Waals surface area contributed by atoms with E-state index in [2.05, 4.69) is 52.9 Å². The van der Waals surface area contributed by atoms with Gasteiger partial charge in [0.2, 0.25) is 0 Å². The third-order valence-corrected chi connectivity index (χ3v) is 4.49. The number of benzene rings is 1. The molecule has 120 valence electrons. The van der Waals surface area contributed by atoms with Gasteiger partial charge in [-0.1, -0.05) is 24.3 Å². The van der Waals surface area contributed by atoms with Crippen molar-refractivity contribution >= 4 is 12.4 Å². The lowest BCUT2D eigenvalue weighted by Crippen LogP contribution is -2.30. The molecule has 22 heavy (non-hydrogen) atoms. The van der Waals surface area contributed by atoms with Crippen LogP contribution in [-0.4, -0.2) is 29.7 Å². The van der Waals surface area contributed by atoms with Crippen LogP contribution in [0.2, 0.25) is 0 Å². The van der Waals surface area contributed by atoms with Crippen molar-refractivity contribution in [2.45, 2.75) is 33.0 Å². The van der Waals surface area contributed by atoms with Crippen LogP contribution in [-0.2, 0) is 30.8 Å². The third-order valence-electron chi connectivity index (χ3n) is 4.49. The smallest absolute Gasteiger partial charge is 0.0641 e. The molecule has 4 heteroatoms. The fourth-order valence-corrected chi connectivity index (χ4v) is 3.13. The van der Waals surface area contributed by atoms with Crippen molar-refractivity contribution in [3.05, 3.63) is 58.9 Å². The standard InChI is InChI=1S/C18H24N2O.ClH/c1-15-17(8-10-20(15)11-12-21-2)13-19-9-7-16-5-3-4-6-18(16)14-19;/h3-6,8,10H,7,9,11-14H2,1-2H3;1H. The van der Waals surface area contributed by atoms with E-state index in [1.165, 1.54) is 28.8 Å². The van der Waals surface area contributed by atoms with Gasteiger partial charge in [0.25, 0.3) is 0 Å². The minimum absolute atomic E-state index is 0. The van der Waals surface area contributed by atoms with E-state index < -0.39 is 0 Å². The van der Waals surface area contributed by atoms with Gasteiger partial charge in [-0.25, -0.2) is 0 Å². The maximum atomic E-state index is 5.17. The number of halogens is 1. The van der Waals surface area contributed by atoms with Crippen LogP contribution in [0.15, 0.2) is 36.5 Å². The number of methoxy groups -OCH3 is 1. The van der Waals surface area contributed by atoms with Gasteiger partial charge in [-0.3, -0.25) is 4.90 Å². The molecule has 0 unspecified atom stereocenters. The van der Waals surface area contributed by atoms with Crippen LogP contribution in [0.4, 0.5) is 0 Å². The maximum Gasteiger partial charge on any atom is 0.0641 e. The zero-order valence-electron chi connectivity index (χ0n) is 13.4. The number of rotatable bonds is 5. The van der Waals surface area contributed by atoms with E-state index in [0.717, 1.165) is 32.8 Å². The molecule has 2 aromatic rings. The van der Waals surface area contributed by atoms with Crippen molar-refractivity contribution in [1.29, 1.82) is 0 Å². The van der Waals surface area contributed by atoms with Crippen molar-refractivity contribution in [3.8, 4) is 0 Å². The van der Waals surface area contributed by atoms with Crippen LogP contribution in [0.1, 0.15) is 22.4 Å². The Balaban J connectivity index is 0.00000176. The molecule has 0 radical (unpaired) electrons. The minimum atomic E-state index is 0. The van der Waals surface area contributed by atoms with Gasteiger partial charge in [-0.05, 0) is 36.1 Å². The zero-order chi connectivity index (χ0) is 14.7. The van der Waals surface area contributed by atoms with Crippen molar-refractivity contribution in [3.63, 3.8) is 0 Å². The molecular weight excluding hydrogens is 296 g/mol. The predicted molar refractivity (Wildman–Crippen MR) is 92.6 cm³/mol. The molecule has 0 saturated carbocycles. The molecule has 0 N–H and O–H groups in total. The number of hydrogen-bond donors (Lipinski definition) is 0. The normalized spacial score (nSPS) is 14.5. The summed E-state index contributed by atoms with van der Waals surface area (Å²) in [6.07, 6.45) is 3.35. The zero-order valence-corrected chi connectivity index (χ0v) is 14.2. The fraction of sp³-hybridized carbons (Fsp3) is 0.444. The Morgan fingerprint density at radius 1 is 1.14 bits per heavy atom. The van der Waals surface area contributed by atoms with Gasteiger partial charge >= 0.3 is 0 Å². The highest BCUT2D eigenvalue weighted by Gasteiger charge is 2.17. The molecule has 2 heterocycles. The lowest BCUT2D eigenvalue weighted by Gasteiger charge is -2.28. The second-order valence-electron chi connectivity index (χ2n) is 5.84. The first-order chi connectivity index (χ1) is 10.3. The maximum absolute atomic E-state index is 5.17. The molecule has 1 aromatic carbocycles. The van der Waals surface area contributed by atoms with E-state index in [1.807, 2.05) is 0 Å². The molecule has 0 saturated heterocycles. The van der Waals surface area contributed by atoms with E-state index in [-0.39, 0.29) is 12.4 Å².